The zero-order valence-corrected chi connectivity index (χ0v) is 8.59. The molecule has 0 saturated heterocycles. The topological polar surface area (TPSA) is 76.8 Å². The molecule has 0 fully saturated rings. The average Bonchev–Trinajstić information content (AvgIpc) is 2.18. The van der Waals surface area contributed by atoms with Gasteiger partial charge in [0.05, 0.1) is 6.21 Å². The molecule has 0 amide bonds. The Bertz CT molecular complexity index is 386. The maximum absolute atomic E-state index is 5.13. The molecule has 0 radical (unpaired) electrons. The molecule has 0 unspecified atom stereocenters. The Morgan fingerprint density at radius 3 is 2.47 bits per heavy atom. The lowest BCUT2D eigenvalue weighted by Crippen LogP contribution is -2.21. The van der Waals surface area contributed by atoms with Crippen LogP contribution in [0.1, 0.15) is 12.5 Å². The molecule has 0 aromatic heterocycles. The van der Waals surface area contributed by atoms with Gasteiger partial charge in [-0.15, -0.1) is 5.10 Å². The molecule has 4 heteroatoms. The fourth-order valence-electron chi connectivity index (χ4n) is 1.04. The van der Waals surface area contributed by atoms with E-state index in [-0.39, 0.29) is 5.96 Å². The highest BCUT2D eigenvalue weighted by Gasteiger charge is 1.86. The molecule has 0 atom stereocenters. The maximum Gasteiger partial charge on any atom is 0.211 e. The number of nitrogens with zero attached hydrogens (tertiary/aromatic N) is 2. The van der Waals surface area contributed by atoms with Crippen molar-refractivity contribution in [2.75, 3.05) is 0 Å². The summed E-state index contributed by atoms with van der Waals surface area (Å²) in [6.45, 7) is 1.93. The van der Waals surface area contributed by atoms with Crippen molar-refractivity contribution in [3.05, 3.63) is 41.5 Å². The van der Waals surface area contributed by atoms with Crippen molar-refractivity contribution in [2.24, 2.45) is 21.7 Å². The summed E-state index contributed by atoms with van der Waals surface area (Å²) in [5.41, 5.74) is 12.3. The molecular weight excluding hydrogens is 188 g/mol. The normalized spacial score (nSPS) is 11.7. The summed E-state index contributed by atoms with van der Waals surface area (Å²) in [6, 6.07) is 9.95. The van der Waals surface area contributed by atoms with Crippen LogP contribution in [0.5, 0.6) is 0 Å². The number of allylic oxidation sites excluding steroid dienone is 1. The number of hydrogen-bond donors (Lipinski definition) is 2. The minimum absolute atomic E-state index is 0.0428. The van der Waals surface area contributed by atoms with E-state index >= 15 is 0 Å². The van der Waals surface area contributed by atoms with Crippen LogP contribution in [0.25, 0.3) is 6.08 Å². The van der Waals surface area contributed by atoms with E-state index in [1.165, 1.54) is 0 Å². The molecule has 1 rings (SSSR count). The first kappa shape index (κ1) is 11.0. The molecule has 0 saturated carbocycles. The monoisotopic (exact) mass is 202 g/mol. The van der Waals surface area contributed by atoms with Crippen LogP contribution in [0.2, 0.25) is 0 Å². The molecule has 78 valence electrons. The summed E-state index contributed by atoms with van der Waals surface area (Å²) < 4.78 is 0. The Morgan fingerprint density at radius 2 is 1.87 bits per heavy atom. The molecule has 0 aliphatic carbocycles. The summed E-state index contributed by atoms with van der Waals surface area (Å²) in [4.78, 5) is 0. The number of benzene rings is 1. The predicted molar refractivity (Wildman–Crippen MR) is 64.4 cm³/mol. The third-order valence-electron chi connectivity index (χ3n) is 1.63. The van der Waals surface area contributed by atoms with E-state index < -0.39 is 0 Å². The van der Waals surface area contributed by atoms with Crippen LogP contribution < -0.4 is 11.5 Å². The van der Waals surface area contributed by atoms with E-state index in [0.29, 0.717) is 0 Å². The molecule has 0 heterocycles. The fraction of sp³-hybridized carbons (Fsp3) is 0.0909. The van der Waals surface area contributed by atoms with Gasteiger partial charge in [-0.2, -0.15) is 5.10 Å². The summed E-state index contributed by atoms with van der Waals surface area (Å²) in [5.74, 6) is -0.0428. The van der Waals surface area contributed by atoms with Crippen molar-refractivity contribution in [1.82, 2.24) is 0 Å². The standard InChI is InChI=1S/C11H14N4/c1-9(8-14-15-11(12)13)7-10-5-3-2-4-6-10/h2-8H,1H3,(H4,12,13,15)/b9-7-,14-8+. The van der Waals surface area contributed by atoms with E-state index in [0.717, 1.165) is 11.1 Å². The minimum Gasteiger partial charge on any atom is -0.369 e. The average molecular weight is 202 g/mol. The smallest absolute Gasteiger partial charge is 0.211 e. The third kappa shape index (κ3) is 4.61. The Kier molecular flexibility index (Phi) is 4.09. The van der Waals surface area contributed by atoms with Gasteiger partial charge in [-0.3, -0.25) is 0 Å². The number of hydrogen-bond acceptors (Lipinski definition) is 2. The maximum atomic E-state index is 5.13. The third-order valence-corrected chi connectivity index (χ3v) is 1.63. The van der Waals surface area contributed by atoms with Gasteiger partial charge in [0.15, 0.2) is 0 Å². The van der Waals surface area contributed by atoms with Crippen LogP contribution in [0.3, 0.4) is 0 Å². The highest BCUT2D eigenvalue weighted by molar-refractivity contribution is 5.85. The van der Waals surface area contributed by atoms with Gasteiger partial charge in [-0.25, -0.2) is 0 Å². The van der Waals surface area contributed by atoms with Crippen molar-refractivity contribution >= 4 is 18.3 Å². The second kappa shape index (κ2) is 5.59. The van der Waals surface area contributed by atoms with Gasteiger partial charge in [0.1, 0.15) is 0 Å². The Labute approximate surface area is 89.0 Å². The number of guanidine groups is 1. The SMILES string of the molecule is CC(=C/c1ccccc1)/C=N/N=C(N)N. The van der Waals surface area contributed by atoms with Crippen molar-refractivity contribution < 1.29 is 0 Å². The summed E-state index contributed by atoms with van der Waals surface area (Å²) in [6.07, 6.45) is 3.60. The molecular formula is C11H14N4. The minimum atomic E-state index is -0.0428. The number of rotatable bonds is 3. The van der Waals surface area contributed by atoms with Crippen LogP contribution >= 0.6 is 0 Å². The highest BCUT2D eigenvalue weighted by Crippen LogP contribution is 2.04. The zero-order valence-electron chi connectivity index (χ0n) is 8.59. The van der Waals surface area contributed by atoms with Crippen LogP contribution in [-0.2, 0) is 0 Å². The summed E-state index contributed by atoms with van der Waals surface area (Å²) >= 11 is 0. The van der Waals surface area contributed by atoms with Gasteiger partial charge < -0.3 is 11.5 Å². The lowest BCUT2D eigenvalue weighted by Gasteiger charge is -1.93. The highest BCUT2D eigenvalue weighted by atomic mass is 15.3. The zero-order chi connectivity index (χ0) is 11.1. The molecule has 0 aliphatic heterocycles. The second-order valence-electron chi connectivity index (χ2n) is 3.07. The van der Waals surface area contributed by atoms with Crippen molar-refractivity contribution in [2.45, 2.75) is 6.92 Å². The van der Waals surface area contributed by atoms with Gasteiger partial charge in [0.25, 0.3) is 0 Å². The van der Waals surface area contributed by atoms with E-state index in [4.69, 9.17) is 11.5 Å². The van der Waals surface area contributed by atoms with Gasteiger partial charge >= 0.3 is 0 Å². The molecule has 4 N–H and O–H groups in total. The Balaban J connectivity index is 2.69. The van der Waals surface area contributed by atoms with Gasteiger partial charge in [0, 0.05) is 0 Å². The number of nitrogens with two attached hydrogens (primary N) is 2. The largest absolute Gasteiger partial charge is 0.369 e. The Hall–Kier alpha value is -2.10. The molecule has 1 aromatic carbocycles. The second-order valence-corrected chi connectivity index (χ2v) is 3.07. The van der Waals surface area contributed by atoms with Crippen LogP contribution in [0.15, 0.2) is 46.1 Å². The summed E-state index contributed by atoms with van der Waals surface area (Å²) in [7, 11) is 0. The van der Waals surface area contributed by atoms with Gasteiger partial charge in [0.2, 0.25) is 5.96 Å². The quantitative estimate of drug-likeness (QED) is 0.441. The fourth-order valence-corrected chi connectivity index (χ4v) is 1.04. The van der Waals surface area contributed by atoms with Gasteiger partial charge in [-0.1, -0.05) is 36.4 Å². The lowest BCUT2D eigenvalue weighted by atomic mass is 10.1. The molecule has 0 bridgehead atoms. The van der Waals surface area contributed by atoms with Crippen LogP contribution in [0.4, 0.5) is 0 Å². The first-order valence-corrected chi connectivity index (χ1v) is 4.54. The van der Waals surface area contributed by atoms with E-state index in [1.807, 2.05) is 43.3 Å². The van der Waals surface area contributed by atoms with Crippen LogP contribution in [0, 0.1) is 0 Å². The van der Waals surface area contributed by atoms with Crippen LogP contribution in [-0.4, -0.2) is 12.2 Å². The Morgan fingerprint density at radius 1 is 1.20 bits per heavy atom. The van der Waals surface area contributed by atoms with Crippen molar-refractivity contribution in [3.63, 3.8) is 0 Å². The molecule has 1 aromatic rings. The van der Waals surface area contributed by atoms with Crippen molar-refractivity contribution in [3.8, 4) is 0 Å². The summed E-state index contributed by atoms with van der Waals surface area (Å²) in [5, 5.41) is 7.22. The van der Waals surface area contributed by atoms with Crippen molar-refractivity contribution in [1.29, 1.82) is 0 Å². The first-order chi connectivity index (χ1) is 7.18. The molecule has 15 heavy (non-hydrogen) atoms. The molecule has 0 aliphatic rings. The molecule has 4 nitrogen and oxygen atoms in total. The lowest BCUT2D eigenvalue weighted by molar-refractivity contribution is 1.21. The van der Waals surface area contributed by atoms with E-state index in [1.54, 1.807) is 6.21 Å². The van der Waals surface area contributed by atoms with E-state index in [9.17, 15) is 0 Å². The van der Waals surface area contributed by atoms with Gasteiger partial charge in [-0.05, 0) is 18.1 Å². The first-order valence-electron chi connectivity index (χ1n) is 4.54. The van der Waals surface area contributed by atoms with E-state index in [2.05, 4.69) is 10.2 Å². The predicted octanol–water partition coefficient (Wildman–Crippen LogP) is 1.35. The molecule has 0 spiro atoms.